The van der Waals surface area contributed by atoms with E-state index in [0.29, 0.717) is 13.1 Å². The molecule has 3 N–H and O–H groups in total. The second-order valence-corrected chi connectivity index (χ2v) is 4.14. The van der Waals surface area contributed by atoms with Gasteiger partial charge in [-0.25, -0.2) is 0 Å². The third-order valence-corrected chi connectivity index (χ3v) is 3.12. The van der Waals surface area contributed by atoms with E-state index in [4.69, 9.17) is 12.2 Å². The molecule has 0 spiro atoms. The molecule has 98 valence electrons. The Morgan fingerprint density at radius 1 is 1.41 bits per heavy atom. The highest BCUT2D eigenvalue weighted by molar-refractivity contribution is 5.79. The summed E-state index contributed by atoms with van der Waals surface area (Å²) in [5, 5.41) is 2.95. The van der Waals surface area contributed by atoms with Crippen molar-refractivity contribution in [2.45, 2.75) is 39.2 Å². The van der Waals surface area contributed by atoms with Gasteiger partial charge in [0.25, 0.3) is 0 Å². The smallest absolute Gasteiger partial charge is 0.235 e. The van der Waals surface area contributed by atoms with Gasteiger partial charge in [0, 0.05) is 13.1 Å². The molecule has 0 bridgehead atoms. The Kier molecular flexibility index (Phi) is 7.60. The Bertz CT molecular complexity index is 266. The highest BCUT2D eigenvalue weighted by Crippen LogP contribution is 2.13. The summed E-state index contributed by atoms with van der Waals surface area (Å²) in [7, 11) is 0. The number of rotatable bonds is 8. The predicted molar refractivity (Wildman–Crippen MR) is 71.5 cm³/mol. The Labute approximate surface area is 105 Å². The fourth-order valence-corrected chi connectivity index (χ4v) is 1.71. The van der Waals surface area contributed by atoms with Crippen LogP contribution < -0.4 is 11.1 Å². The second kappa shape index (κ2) is 8.10. The summed E-state index contributed by atoms with van der Waals surface area (Å²) < 4.78 is 0. The van der Waals surface area contributed by atoms with Crippen molar-refractivity contribution in [3.05, 3.63) is 0 Å². The molecular weight excluding hydrogens is 214 g/mol. The van der Waals surface area contributed by atoms with Gasteiger partial charge in [0.05, 0.1) is 6.54 Å². The van der Waals surface area contributed by atoms with Crippen molar-refractivity contribution in [3.8, 4) is 12.3 Å². The molecule has 0 saturated heterocycles. The minimum atomic E-state index is -0.501. The molecular formula is C13H25N3O. The quantitative estimate of drug-likeness (QED) is 0.609. The fraction of sp³-hybridized carbons (Fsp3) is 0.769. The van der Waals surface area contributed by atoms with E-state index < -0.39 is 5.54 Å². The van der Waals surface area contributed by atoms with Gasteiger partial charge in [-0.3, -0.25) is 9.69 Å². The lowest BCUT2D eigenvalue weighted by Gasteiger charge is -2.28. The number of nitrogens with two attached hydrogens (primary N) is 1. The van der Waals surface area contributed by atoms with Gasteiger partial charge in [-0.1, -0.05) is 26.7 Å². The zero-order valence-corrected chi connectivity index (χ0v) is 11.3. The molecule has 0 aromatic rings. The van der Waals surface area contributed by atoms with Crippen LogP contribution >= 0.6 is 0 Å². The van der Waals surface area contributed by atoms with Crippen LogP contribution in [0.15, 0.2) is 0 Å². The molecule has 0 aliphatic rings. The molecule has 4 heteroatoms. The molecule has 0 aliphatic heterocycles. The van der Waals surface area contributed by atoms with Gasteiger partial charge in [0.1, 0.15) is 5.54 Å². The average molecular weight is 239 g/mol. The van der Waals surface area contributed by atoms with E-state index in [1.54, 1.807) is 0 Å². The van der Waals surface area contributed by atoms with Gasteiger partial charge in [-0.15, -0.1) is 6.42 Å². The van der Waals surface area contributed by atoms with Crippen molar-refractivity contribution in [1.82, 2.24) is 10.2 Å². The molecule has 1 amide bonds. The van der Waals surface area contributed by atoms with Gasteiger partial charge in [0.2, 0.25) is 5.91 Å². The van der Waals surface area contributed by atoms with Crippen molar-refractivity contribution >= 4 is 5.91 Å². The number of carbonyl (C=O) groups excluding carboxylic acids is 1. The first-order valence-corrected chi connectivity index (χ1v) is 6.28. The number of carbonyl (C=O) groups is 1. The van der Waals surface area contributed by atoms with Gasteiger partial charge in [0.15, 0.2) is 0 Å². The van der Waals surface area contributed by atoms with Crippen LogP contribution in [-0.2, 0) is 4.79 Å². The molecule has 0 fully saturated rings. The van der Waals surface area contributed by atoms with E-state index in [1.165, 1.54) is 0 Å². The van der Waals surface area contributed by atoms with Crippen molar-refractivity contribution in [2.24, 2.45) is 5.73 Å². The summed E-state index contributed by atoms with van der Waals surface area (Å²) in [4.78, 5) is 13.9. The lowest BCUT2D eigenvalue weighted by Crippen LogP contribution is -2.50. The van der Waals surface area contributed by atoms with Gasteiger partial charge < -0.3 is 11.1 Å². The highest BCUT2D eigenvalue weighted by Gasteiger charge is 2.25. The first-order valence-electron chi connectivity index (χ1n) is 6.28. The van der Waals surface area contributed by atoms with Crippen LogP contribution in [0.4, 0.5) is 0 Å². The largest absolute Gasteiger partial charge is 0.339 e. The van der Waals surface area contributed by atoms with Crippen molar-refractivity contribution < 1.29 is 4.79 Å². The normalized spacial score (nSPS) is 11.3. The zero-order chi connectivity index (χ0) is 13.3. The number of nitrogens with one attached hydrogen (secondary N) is 1. The molecule has 0 unspecified atom stereocenters. The van der Waals surface area contributed by atoms with Crippen molar-refractivity contribution in [2.75, 3.05) is 26.2 Å². The molecule has 0 aromatic heterocycles. The number of nitrogens with zero attached hydrogens (tertiary/aromatic N) is 1. The minimum Gasteiger partial charge on any atom is -0.339 e. The van der Waals surface area contributed by atoms with Gasteiger partial charge in [-0.05, 0) is 19.4 Å². The van der Waals surface area contributed by atoms with Crippen LogP contribution in [0.5, 0.6) is 0 Å². The fourth-order valence-electron chi connectivity index (χ4n) is 1.71. The Hall–Kier alpha value is -1.05. The van der Waals surface area contributed by atoms with Crippen molar-refractivity contribution in [1.29, 1.82) is 0 Å². The predicted octanol–water partition coefficient (Wildman–Crippen LogP) is 0.575. The number of hydrogen-bond donors (Lipinski definition) is 2. The van der Waals surface area contributed by atoms with Crippen LogP contribution in [-0.4, -0.2) is 42.5 Å². The van der Waals surface area contributed by atoms with E-state index in [-0.39, 0.29) is 5.91 Å². The van der Waals surface area contributed by atoms with Crippen LogP contribution in [0.3, 0.4) is 0 Å². The number of hydrogen-bond acceptors (Lipinski definition) is 3. The first kappa shape index (κ1) is 16.0. The minimum absolute atomic E-state index is 0.0260. The molecule has 0 aliphatic carbocycles. The molecule has 17 heavy (non-hydrogen) atoms. The van der Waals surface area contributed by atoms with E-state index in [2.05, 4.69) is 11.2 Å². The zero-order valence-electron chi connectivity index (χ0n) is 11.3. The number of amides is 1. The highest BCUT2D eigenvalue weighted by atomic mass is 16.2. The van der Waals surface area contributed by atoms with Crippen LogP contribution in [0, 0.1) is 12.3 Å². The molecule has 4 nitrogen and oxygen atoms in total. The summed E-state index contributed by atoms with van der Waals surface area (Å²) in [6.45, 7) is 8.44. The lowest BCUT2D eigenvalue weighted by atomic mass is 9.94. The summed E-state index contributed by atoms with van der Waals surface area (Å²) in [6.07, 6.45) is 6.99. The third kappa shape index (κ3) is 5.20. The van der Waals surface area contributed by atoms with Crippen molar-refractivity contribution in [3.63, 3.8) is 0 Å². The van der Waals surface area contributed by atoms with Crippen LogP contribution in [0.2, 0.25) is 0 Å². The van der Waals surface area contributed by atoms with Gasteiger partial charge >= 0.3 is 0 Å². The van der Waals surface area contributed by atoms with Gasteiger partial charge in [-0.2, -0.15) is 0 Å². The first-order chi connectivity index (χ1) is 8.07. The van der Waals surface area contributed by atoms with Crippen LogP contribution in [0.1, 0.15) is 33.6 Å². The summed E-state index contributed by atoms with van der Waals surface area (Å²) in [6, 6.07) is 0. The van der Waals surface area contributed by atoms with E-state index in [0.717, 1.165) is 25.9 Å². The second-order valence-electron chi connectivity index (χ2n) is 4.14. The monoisotopic (exact) mass is 239 g/mol. The lowest BCUT2D eigenvalue weighted by molar-refractivity contribution is -0.123. The summed E-state index contributed by atoms with van der Waals surface area (Å²) in [5.41, 5.74) is 4.98. The number of terminal acetylenes is 1. The molecule has 0 atom stereocenters. The standard InChI is InChI=1S/C13H25N3O/c1-5-13(6-2,7-3)15-12(17)11-16(8-4)10-9-14/h1H,6-11,14H2,2-4H3,(H,15,17). The average Bonchev–Trinajstić information content (AvgIpc) is 2.35. The molecule has 0 radical (unpaired) electrons. The number of likely N-dealkylation sites (N-methyl/N-ethyl adjacent to an activating group) is 1. The Morgan fingerprint density at radius 2 is 2.00 bits per heavy atom. The summed E-state index contributed by atoms with van der Waals surface area (Å²) in [5.74, 6) is 2.67. The van der Waals surface area contributed by atoms with E-state index in [1.807, 2.05) is 25.7 Å². The Balaban J connectivity index is 4.38. The van der Waals surface area contributed by atoms with E-state index >= 15 is 0 Å². The maximum absolute atomic E-state index is 11.9. The molecule has 0 rings (SSSR count). The maximum atomic E-state index is 11.9. The summed E-state index contributed by atoms with van der Waals surface area (Å²) >= 11 is 0. The topological polar surface area (TPSA) is 58.4 Å². The molecule has 0 heterocycles. The maximum Gasteiger partial charge on any atom is 0.235 e. The van der Waals surface area contributed by atoms with Crippen LogP contribution in [0.25, 0.3) is 0 Å². The third-order valence-electron chi connectivity index (χ3n) is 3.12. The SMILES string of the molecule is C#CC(CC)(CC)NC(=O)CN(CC)CCN. The Morgan fingerprint density at radius 3 is 2.35 bits per heavy atom. The molecule has 0 aromatic carbocycles. The molecule has 0 saturated carbocycles. The van der Waals surface area contributed by atoms with E-state index in [9.17, 15) is 4.79 Å².